The number of amides is 2. The summed E-state index contributed by atoms with van der Waals surface area (Å²) in [5.41, 5.74) is 3.40. The summed E-state index contributed by atoms with van der Waals surface area (Å²) in [5, 5.41) is 19.8. The Morgan fingerprint density at radius 1 is 1.18 bits per heavy atom. The Morgan fingerprint density at radius 2 is 1.93 bits per heavy atom. The van der Waals surface area contributed by atoms with Gasteiger partial charge in [-0.2, -0.15) is 5.10 Å². The third-order valence-electron chi connectivity index (χ3n) is 5.24. The number of carbonyl (C=O) groups excluding carboxylic acids is 2. The molecule has 1 atom stereocenters. The van der Waals surface area contributed by atoms with E-state index in [0.717, 1.165) is 48.1 Å². The molecule has 1 aromatic heterocycles. The molecule has 1 unspecified atom stereocenters. The lowest BCUT2D eigenvalue weighted by Crippen LogP contribution is -2.38. The van der Waals surface area contributed by atoms with Crippen molar-refractivity contribution in [3.8, 4) is 5.75 Å². The molecule has 0 fully saturated rings. The van der Waals surface area contributed by atoms with Crippen LogP contribution in [0.4, 0.5) is 13.9 Å². The molecule has 0 bridgehead atoms. The highest BCUT2D eigenvalue weighted by Gasteiger charge is 2.21. The number of methoxy groups -OCH3 is 1. The van der Waals surface area contributed by atoms with Crippen molar-refractivity contribution in [3.05, 3.63) is 71.3 Å². The van der Waals surface area contributed by atoms with Crippen molar-refractivity contribution in [1.29, 1.82) is 0 Å². The number of benzene rings is 1. The van der Waals surface area contributed by atoms with E-state index in [4.69, 9.17) is 4.74 Å². The van der Waals surface area contributed by atoms with E-state index in [2.05, 4.69) is 44.5 Å². The number of hydrogen-bond acceptors (Lipinski definition) is 9. The van der Waals surface area contributed by atoms with E-state index >= 15 is 0 Å². The number of anilines is 1. The van der Waals surface area contributed by atoms with Gasteiger partial charge in [-0.3, -0.25) is 15.0 Å². The number of hydrogen-bond donors (Lipinski definition) is 3. The van der Waals surface area contributed by atoms with E-state index in [-0.39, 0.29) is 32.7 Å². The molecule has 2 aromatic rings. The average Bonchev–Trinajstić information content (AvgIpc) is 3.58. The molecule has 0 radical (unpaired) electrons. The van der Waals surface area contributed by atoms with Gasteiger partial charge >= 0.3 is 0 Å². The number of allylic oxidation sites excluding steroid dienone is 3. The first-order valence-corrected chi connectivity index (χ1v) is 14.4. The zero-order valence-electron chi connectivity index (χ0n) is 22.8. The lowest BCUT2D eigenvalue weighted by atomic mass is 10.1. The summed E-state index contributed by atoms with van der Waals surface area (Å²) in [5.74, 6) is -2.90. The summed E-state index contributed by atoms with van der Waals surface area (Å²) < 4.78 is 32.5. The number of thioether (sulfide) groups is 1. The molecule has 0 saturated heterocycles. The summed E-state index contributed by atoms with van der Waals surface area (Å²) in [7, 11) is 1.16. The maximum atomic E-state index is 14.3. The van der Waals surface area contributed by atoms with Gasteiger partial charge in [0.1, 0.15) is 5.01 Å². The van der Waals surface area contributed by atoms with Crippen molar-refractivity contribution in [2.45, 2.75) is 57.9 Å². The molecule has 220 valence electrons. The van der Waals surface area contributed by atoms with Gasteiger partial charge in [0.2, 0.25) is 16.9 Å². The second kappa shape index (κ2) is 17.2. The fourth-order valence-corrected chi connectivity index (χ4v) is 5.15. The molecule has 3 rings (SSSR count). The SMILES string of the molecule is C=C/C=C(\C=C)CC(=O)NC1NN=C(CCCCc2nnc(NC(=O)Cc3ccc(F)c(OC)c3F)s2)S1.CC.[HH].[HH]. The van der Waals surface area contributed by atoms with Gasteiger partial charge in [0, 0.05) is 14.8 Å². The Labute approximate surface area is 244 Å². The van der Waals surface area contributed by atoms with Crippen molar-refractivity contribution in [1.82, 2.24) is 20.9 Å². The molecule has 9 nitrogen and oxygen atoms in total. The molecule has 2 amide bonds. The fourth-order valence-electron chi connectivity index (χ4n) is 3.42. The molecular weight excluding hydrogens is 558 g/mol. The van der Waals surface area contributed by atoms with Crippen LogP contribution in [0.5, 0.6) is 5.75 Å². The minimum absolute atomic E-state index is 0. The van der Waals surface area contributed by atoms with Gasteiger partial charge in [-0.1, -0.05) is 74.4 Å². The summed E-state index contributed by atoms with van der Waals surface area (Å²) in [4.78, 5) is 24.5. The second-order valence-electron chi connectivity index (χ2n) is 8.04. The molecule has 2 heterocycles. The van der Waals surface area contributed by atoms with E-state index in [1.807, 2.05) is 13.8 Å². The number of hydrazone groups is 1. The van der Waals surface area contributed by atoms with Gasteiger partial charge in [-0.05, 0) is 30.9 Å². The van der Waals surface area contributed by atoms with Crippen LogP contribution in [0.3, 0.4) is 0 Å². The lowest BCUT2D eigenvalue weighted by molar-refractivity contribution is -0.120. The van der Waals surface area contributed by atoms with Crippen LogP contribution in [0.25, 0.3) is 0 Å². The van der Waals surface area contributed by atoms with Crippen LogP contribution in [0.15, 0.2) is 54.2 Å². The van der Waals surface area contributed by atoms with E-state index in [1.54, 1.807) is 18.2 Å². The predicted octanol–water partition coefficient (Wildman–Crippen LogP) is 5.98. The van der Waals surface area contributed by atoms with Gasteiger partial charge < -0.3 is 15.4 Å². The molecule has 0 saturated carbocycles. The summed E-state index contributed by atoms with van der Waals surface area (Å²) in [6.07, 6.45) is 7.99. The standard InChI is InChI=1S/C25H28F2N6O3S2.C2H6.2H2/c1-4-8-15(5-2)13-18(34)28-24-32-30-20(37-24)9-6-7-10-21-31-33-25(38-21)29-19(35)14-16-11-12-17(26)23(36-3)22(16)27;1-2;;/h4-5,8,11-12,24,32H,1-2,6-7,9-10,13-14H2,3H3,(H,28,34)(H,29,33,35);1-2H3;2*1H/b15-8+;;;. The van der Waals surface area contributed by atoms with Crippen molar-refractivity contribution in [3.63, 3.8) is 0 Å². The van der Waals surface area contributed by atoms with E-state index in [1.165, 1.54) is 29.2 Å². The number of unbranched alkanes of at least 4 members (excludes halogenated alkanes) is 1. The molecule has 40 heavy (non-hydrogen) atoms. The van der Waals surface area contributed by atoms with Crippen LogP contribution in [0.1, 0.15) is 53.0 Å². The number of ether oxygens (including phenoxy) is 1. The zero-order chi connectivity index (χ0) is 29.5. The second-order valence-corrected chi connectivity index (χ2v) is 10.3. The molecule has 0 spiro atoms. The van der Waals surface area contributed by atoms with Crippen LogP contribution in [0, 0.1) is 11.6 Å². The summed E-state index contributed by atoms with van der Waals surface area (Å²) in [6, 6.07) is 2.26. The summed E-state index contributed by atoms with van der Waals surface area (Å²) >= 11 is 2.70. The van der Waals surface area contributed by atoms with Gasteiger partial charge in [0.25, 0.3) is 0 Å². The van der Waals surface area contributed by atoms with Crippen molar-refractivity contribution < 1.29 is 26.0 Å². The van der Waals surface area contributed by atoms with Crippen LogP contribution in [-0.2, 0) is 22.4 Å². The summed E-state index contributed by atoms with van der Waals surface area (Å²) in [6.45, 7) is 11.3. The highest BCUT2D eigenvalue weighted by atomic mass is 32.2. The van der Waals surface area contributed by atoms with Crippen LogP contribution < -0.4 is 20.8 Å². The maximum Gasteiger partial charge on any atom is 0.230 e. The van der Waals surface area contributed by atoms with Crippen molar-refractivity contribution in [2.75, 3.05) is 12.4 Å². The van der Waals surface area contributed by atoms with Crippen molar-refractivity contribution in [2.24, 2.45) is 5.10 Å². The van der Waals surface area contributed by atoms with Gasteiger partial charge in [-0.25, -0.2) is 8.78 Å². The molecule has 1 aliphatic heterocycles. The molecular formula is C27H38F2N6O3S2. The van der Waals surface area contributed by atoms with E-state index < -0.39 is 23.3 Å². The zero-order valence-corrected chi connectivity index (χ0v) is 24.4. The highest BCUT2D eigenvalue weighted by molar-refractivity contribution is 8.14. The lowest BCUT2D eigenvalue weighted by Gasteiger charge is -2.11. The Hall–Kier alpha value is -3.58. The maximum absolute atomic E-state index is 14.3. The Morgan fingerprint density at radius 3 is 2.62 bits per heavy atom. The number of aryl methyl sites for hydroxylation is 1. The van der Waals surface area contributed by atoms with Crippen LogP contribution >= 0.6 is 23.1 Å². The molecule has 1 aromatic carbocycles. The predicted molar refractivity (Wildman–Crippen MR) is 161 cm³/mol. The number of nitrogens with one attached hydrogen (secondary N) is 3. The number of carbonyl (C=O) groups is 2. The monoisotopic (exact) mass is 596 g/mol. The largest absolute Gasteiger partial charge is 0.491 e. The third-order valence-corrected chi connectivity index (χ3v) is 7.16. The van der Waals surface area contributed by atoms with Gasteiger partial charge in [0.15, 0.2) is 22.9 Å². The smallest absolute Gasteiger partial charge is 0.230 e. The fraction of sp³-hybridized carbons (Fsp3) is 0.370. The average molecular weight is 597 g/mol. The van der Waals surface area contributed by atoms with E-state index in [9.17, 15) is 18.4 Å². The number of aromatic nitrogens is 2. The Balaban J connectivity index is 0.00000411. The van der Waals surface area contributed by atoms with Gasteiger partial charge in [0.05, 0.1) is 25.0 Å². The molecule has 13 heteroatoms. The number of rotatable bonds is 14. The number of nitrogens with zero attached hydrogens (tertiary/aromatic N) is 3. The van der Waals surface area contributed by atoms with Gasteiger partial charge in [-0.15, -0.1) is 10.2 Å². The molecule has 1 aliphatic rings. The van der Waals surface area contributed by atoms with E-state index in [0.29, 0.717) is 11.6 Å². The molecule has 3 N–H and O–H groups in total. The minimum atomic E-state index is -0.906. The quantitative estimate of drug-likeness (QED) is 0.182. The normalized spacial score (nSPS) is 14.3. The molecule has 0 aliphatic carbocycles. The first-order valence-electron chi connectivity index (χ1n) is 12.7. The van der Waals surface area contributed by atoms with Crippen molar-refractivity contribution >= 4 is 45.1 Å². The topological polar surface area (TPSA) is 118 Å². The Kier molecular flexibility index (Phi) is 14.0. The minimum Gasteiger partial charge on any atom is -0.491 e. The Bertz CT molecular complexity index is 1260. The van der Waals surface area contributed by atoms with Crippen LogP contribution in [0.2, 0.25) is 0 Å². The first-order chi connectivity index (χ1) is 19.3. The van der Waals surface area contributed by atoms with Crippen LogP contribution in [-0.4, -0.2) is 39.7 Å². The number of halogens is 2. The third kappa shape index (κ3) is 10.2. The first kappa shape index (κ1) is 32.6. The highest BCUT2D eigenvalue weighted by Crippen LogP contribution is 2.25.